The normalized spacial score (nSPS) is 16.9. The molecule has 0 bridgehead atoms. The van der Waals surface area contributed by atoms with E-state index < -0.39 is 14.9 Å². The molecule has 0 aliphatic carbocycles. The fraction of sp³-hybridized carbons (Fsp3) is 0.368. The summed E-state index contributed by atoms with van der Waals surface area (Å²) in [5, 5.41) is 10.8. The van der Waals surface area contributed by atoms with E-state index in [1.165, 1.54) is 22.7 Å². The number of fused-ring (bicyclic) bond motifs is 1. The van der Waals surface area contributed by atoms with Crippen LogP contribution < -0.4 is 8.79 Å². The van der Waals surface area contributed by atoms with Gasteiger partial charge in [0, 0.05) is 42.1 Å². The summed E-state index contributed by atoms with van der Waals surface area (Å²) in [6.07, 6.45) is 1.21. The second-order valence-electron chi connectivity index (χ2n) is 7.66. The molecule has 0 saturated carbocycles. The van der Waals surface area contributed by atoms with Gasteiger partial charge in [0.15, 0.2) is 0 Å². The van der Waals surface area contributed by atoms with Crippen molar-refractivity contribution >= 4 is 38.7 Å². The molecule has 2 aromatic carbocycles. The molecule has 0 amide bonds. The molecule has 1 aliphatic rings. The van der Waals surface area contributed by atoms with E-state index in [2.05, 4.69) is 0 Å². The van der Waals surface area contributed by atoms with Crippen molar-refractivity contribution in [3.8, 4) is 0 Å². The number of nitrogens with zero attached hydrogens (tertiary/aromatic N) is 3. The lowest BCUT2D eigenvalue weighted by Gasteiger charge is -2.30. The molecule has 1 unspecified atom stereocenters. The molecule has 1 atom stereocenters. The van der Waals surface area contributed by atoms with E-state index in [1.807, 2.05) is 32.3 Å². The van der Waals surface area contributed by atoms with Crippen LogP contribution in [-0.4, -0.2) is 46.1 Å². The number of non-ortho nitro benzene ring substituents is 1. The topological polar surface area (TPSA) is 80.5 Å². The predicted octanol–water partition coefficient (Wildman–Crippen LogP) is 3.46. The number of halogens is 1. The zero-order valence-electron chi connectivity index (χ0n) is 16.0. The molecule has 0 spiro atoms. The number of benzene rings is 2. The third-order valence-electron chi connectivity index (χ3n) is 5.12. The van der Waals surface area contributed by atoms with E-state index in [-0.39, 0.29) is 11.6 Å². The maximum atomic E-state index is 12.2. The van der Waals surface area contributed by atoms with Crippen molar-refractivity contribution < 1.29 is 13.3 Å². The summed E-state index contributed by atoms with van der Waals surface area (Å²) in [7, 11) is 0.642. The van der Waals surface area contributed by atoms with Gasteiger partial charge in [0.25, 0.3) is 5.69 Å². The first-order chi connectivity index (χ1) is 13.0. The van der Waals surface area contributed by atoms with Gasteiger partial charge in [-0.15, -0.1) is 11.6 Å². The van der Waals surface area contributed by atoms with E-state index >= 15 is 0 Å². The molecule has 0 saturated heterocycles. The molecule has 0 fully saturated rings. The van der Waals surface area contributed by atoms with Gasteiger partial charge in [0.2, 0.25) is 10.0 Å². The lowest BCUT2D eigenvalue weighted by atomic mass is 10.0. The number of sulfonamides is 1. The summed E-state index contributed by atoms with van der Waals surface area (Å²) in [6, 6.07) is 12.3. The second kappa shape index (κ2) is 7.35. The Kier molecular flexibility index (Phi) is 5.40. The molecule has 150 valence electrons. The number of quaternary nitrogens is 1. The second-order valence-corrected chi connectivity index (χ2v) is 9.87. The first-order valence-corrected chi connectivity index (χ1v) is 11.2. The number of alkyl halides is 1. The average molecular weight is 425 g/mol. The van der Waals surface area contributed by atoms with Gasteiger partial charge in [0.05, 0.1) is 31.0 Å². The van der Waals surface area contributed by atoms with Crippen molar-refractivity contribution in [2.45, 2.75) is 12.5 Å². The first-order valence-electron chi connectivity index (χ1n) is 8.77. The summed E-state index contributed by atoms with van der Waals surface area (Å²) >= 11 is 6.05. The van der Waals surface area contributed by atoms with Crippen LogP contribution in [0.1, 0.15) is 17.0 Å². The molecular weight excluding hydrogens is 402 g/mol. The van der Waals surface area contributed by atoms with Crippen LogP contribution in [-0.2, 0) is 16.6 Å². The molecular formula is C19H23ClN3O4S+. The van der Waals surface area contributed by atoms with Gasteiger partial charge in [-0.1, -0.05) is 6.07 Å². The van der Waals surface area contributed by atoms with Crippen LogP contribution in [0.5, 0.6) is 0 Å². The van der Waals surface area contributed by atoms with E-state index in [1.54, 1.807) is 12.1 Å². The van der Waals surface area contributed by atoms with Crippen molar-refractivity contribution in [3.05, 3.63) is 63.7 Å². The zero-order chi connectivity index (χ0) is 20.7. The Morgan fingerprint density at radius 2 is 1.86 bits per heavy atom. The van der Waals surface area contributed by atoms with Crippen molar-refractivity contribution in [2.24, 2.45) is 0 Å². The van der Waals surface area contributed by atoms with Crippen molar-refractivity contribution in [1.29, 1.82) is 0 Å². The van der Waals surface area contributed by atoms with Crippen LogP contribution in [0.15, 0.2) is 42.5 Å². The zero-order valence-corrected chi connectivity index (χ0v) is 17.6. The maximum Gasteiger partial charge on any atom is 0.269 e. The Bertz CT molecular complexity index is 1010. The molecule has 1 heterocycles. The van der Waals surface area contributed by atoms with E-state index in [0.717, 1.165) is 16.8 Å². The highest BCUT2D eigenvalue weighted by Crippen LogP contribution is 2.41. The average Bonchev–Trinajstić information content (AvgIpc) is 3.00. The van der Waals surface area contributed by atoms with Crippen molar-refractivity contribution in [2.75, 3.05) is 37.1 Å². The Morgan fingerprint density at radius 3 is 2.39 bits per heavy atom. The van der Waals surface area contributed by atoms with Crippen LogP contribution in [0.4, 0.5) is 17.1 Å². The summed E-state index contributed by atoms with van der Waals surface area (Å²) < 4.78 is 26.3. The number of hydrogen-bond donors (Lipinski definition) is 0. The van der Waals surface area contributed by atoms with Gasteiger partial charge in [-0.3, -0.25) is 18.9 Å². The molecule has 1 aliphatic heterocycles. The smallest absolute Gasteiger partial charge is 0.269 e. The van der Waals surface area contributed by atoms with Gasteiger partial charge in [-0.2, -0.15) is 0 Å². The highest BCUT2D eigenvalue weighted by molar-refractivity contribution is 7.92. The summed E-state index contributed by atoms with van der Waals surface area (Å²) in [5.74, 6) is 0.338. The number of nitro groups is 1. The fourth-order valence-electron chi connectivity index (χ4n) is 3.58. The summed E-state index contributed by atoms with van der Waals surface area (Å²) in [4.78, 5) is 10.4. The Morgan fingerprint density at radius 1 is 1.21 bits per heavy atom. The third kappa shape index (κ3) is 3.99. The van der Waals surface area contributed by atoms with Crippen LogP contribution in [0.2, 0.25) is 0 Å². The van der Waals surface area contributed by atoms with Crippen LogP contribution in [0, 0.1) is 10.1 Å². The monoisotopic (exact) mass is 424 g/mol. The molecule has 7 nitrogen and oxygen atoms in total. The summed E-state index contributed by atoms with van der Waals surface area (Å²) in [6.45, 7) is 0.964. The number of nitro benzene ring substituents is 1. The standard InChI is InChI=1S/C19H23ClN3O4S/c1-23(2,13-14-4-6-16(7-5-14)22(24)25)17-8-9-18-15(11-20)12-21(19(18)10-17)28(3,26)27/h4-10,15H,11-13H2,1-3H3/q+1. The van der Waals surface area contributed by atoms with Crippen LogP contribution >= 0.6 is 11.6 Å². The largest absolute Gasteiger partial charge is 0.292 e. The van der Waals surface area contributed by atoms with Crippen LogP contribution in [0.3, 0.4) is 0 Å². The van der Waals surface area contributed by atoms with Gasteiger partial charge < -0.3 is 0 Å². The SMILES string of the molecule is C[N+](C)(Cc1ccc([N+](=O)[O-])cc1)c1ccc2c(c1)N(S(C)(=O)=O)CC2CCl. The minimum absolute atomic E-state index is 0.0225. The highest BCUT2D eigenvalue weighted by atomic mass is 35.5. The lowest BCUT2D eigenvalue weighted by Crippen LogP contribution is -2.39. The van der Waals surface area contributed by atoms with Crippen LogP contribution in [0.25, 0.3) is 0 Å². The van der Waals surface area contributed by atoms with Crippen molar-refractivity contribution in [3.63, 3.8) is 0 Å². The van der Waals surface area contributed by atoms with E-state index in [4.69, 9.17) is 11.6 Å². The Hall–Kier alpha value is -2.16. The highest BCUT2D eigenvalue weighted by Gasteiger charge is 2.35. The van der Waals surface area contributed by atoms with Gasteiger partial charge in [0.1, 0.15) is 12.2 Å². The maximum absolute atomic E-state index is 12.2. The minimum atomic E-state index is -3.39. The molecule has 0 aromatic heterocycles. The number of anilines is 1. The Labute approximate surface area is 169 Å². The lowest BCUT2D eigenvalue weighted by molar-refractivity contribution is -0.384. The first kappa shape index (κ1) is 20.6. The molecule has 9 heteroatoms. The fourth-order valence-corrected chi connectivity index (χ4v) is 4.81. The quantitative estimate of drug-likeness (QED) is 0.308. The van der Waals surface area contributed by atoms with Gasteiger partial charge in [-0.05, 0) is 23.8 Å². The van der Waals surface area contributed by atoms with Gasteiger partial charge in [-0.25, -0.2) is 8.42 Å². The molecule has 28 heavy (non-hydrogen) atoms. The number of rotatable bonds is 6. The van der Waals surface area contributed by atoms with E-state index in [9.17, 15) is 18.5 Å². The Balaban J connectivity index is 1.93. The molecule has 3 rings (SSSR count). The van der Waals surface area contributed by atoms with Crippen molar-refractivity contribution in [1.82, 2.24) is 4.48 Å². The minimum Gasteiger partial charge on any atom is -0.292 e. The molecule has 0 N–H and O–H groups in total. The summed E-state index contributed by atoms with van der Waals surface area (Å²) in [5.41, 5.74) is 3.58. The molecule has 2 aromatic rings. The number of hydrogen-bond acceptors (Lipinski definition) is 4. The van der Waals surface area contributed by atoms with E-state index in [0.29, 0.717) is 29.1 Å². The van der Waals surface area contributed by atoms with Gasteiger partial charge >= 0.3 is 0 Å². The third-order valence-corrected chi connectivity index (χ3v) is 6.64. The molecule has 0 radical (unpaired) electrons. The predicted molar refractivity (Wildman–Crippen MR) is 113 cm³/mol.